The van der Waals surface area contributed by atoms with Gasteiger partial charge in [0.15, 0.2) is 0 Å². The van der Waals surface area contributed by atoms with Crippen molar-refractivity contribution < 1.29 is 19.0 Å². The molecule has 1 aliphatic heterocycles. The molecule has 1 aliphatic rings. The van der Waals surface area contributed by atoms with E-state index in [0.29, 0.717) is 39.3 Å². The molecule has 0 aliphatic carbocycles. The first-order chi connectivity index (χ1) is 17.9. The van der Waals surface area contributed by atoms with Crippen molar-refractivity contribution in [2.75, 3.05) is 6.61 Å². The number of nitrogens with zero attached hydrogens (tertiary/aromatic N) is 1. The van der Waals surface area contributed by atoms with Gasteiger partial charge in [-0.2, -0.15) is 5.26 Å². The van der Waals surface area contributed by atoms with Gasteiger partial charge in [0, 0.05) is 33.3 Å². The lowest BCUT2D eigenvalue weighted by atomic mass is 9.83. The van der Waals surface area contributed by atoms with Crippen molar-refractivity contribution >= 4 is 35.2 Å². The van der Waals surface area contributed by atoms with Crippen molar-refractivity contribution in [2.45, 2.75) is 25.7 Å². The lowest BCUT2D eigenvalue weighted by molar-refractivity contribution is -0.128. The molecule has 188 valence electrons. The van der Waals surface area contributed by atoms with E-state index in [4.69, 9.17) is 43.1 Å². The Kier molecular flexibility index (Phi) is 8.39. The van der Waals surface area contributed by atoms with Crippen LogP contribution in [0, 0.1) is 11.3 Å². The maximum Gasteiger partial charge on any atom is 0.336 e. The minimum atomic E-state index is -0.603. The van der Waals surface area contributed by atoms with Gasteiger partial charge >= 0.3 is 5.97 Å². The van der Waals surface area contributed by atoms with Gasteiger partial charge in [-0.3, -0.25) is 0 Å². The van der Waals surface area contributed by atoms with E-state index in [1.807, 2.05) is 24.3 Å². The van der Waals surface area contributed by atoms with Crippen LogP contribution in [0.2, 0.25) is 10.0 Å². The lowest BCUT2D eigenvalue weighted by Gasteiger charge is -2.28. The average molecular weight is 535 g/mol. The molecule has 0 saturated heterocycles. The Morgan fingerprint density at radius 3 is 2.70 bits per heavy atom. The van der Waals surface area contributed by atoms with Crippen LogP contribution in [0.25, 0.3) is 6.08 Å². The normalized spacial score (nSPS) is 14.6. The fourth-order valence-corrected chi connectivity index (χ4v) is 4.41. The van der Waals surface area contributed by atoms with Gasteiger partial charge < -0.3 is 19.9 Å². The summed E-state index contributed by atoms with van der Waals surface area (Å²) in [7, 11) is 0. The monoisotopic (exact) mass is 534 g/mol. The van der Waals surface area contributed by atoms with Crippen LogP contribution < -0.4 is 19.9 Å². The van der Waals surface area contributed by atoms with E-state index >= 15 is 0 Å². The van der Waals surface area contributed by atoms with Crippen LogP contribution in [0.15, 0.2) is 78.2 Å². The molecule has 0 spiro atoms. The quantitative estimate of drug-likeness (QED) is 0.144. The van der Waals surface area contributed by atoms with Crippen molar-refractivity contribution in [3.05, 3.63) is 105 Å². The van der Waals surface area contributed by atoms with E-state index in [-0.39, 0.29) is 17.2 Å². The van der Waals surface area contributed by atoms with Crippen molar-refractivity contribution in [1.82, 2.24) is 0 Å². The summed E-state index contributed by atoms with van der Waals surface area (Å²) in [5.41, 5.74) is 8.57. The van der Waals surface area contributed by atoms with Crippen LogP contribution in [0.1, 0.15) is 42.4 Å². The Morgan fingerprint density at radius 1 is 1.14 bits per heavy atom. The summed E-state index contributed by atoms with van der Waals surface area (Å²) in [6, 6.07) is 19.7. The second-order valence-corrected chi connectivity index (χ2v) is 9.13. The van der Waals surface area contributed by atoms with Crippen molar-refractivity contribution in [2.24, 2.45) is 5.73 Å². The zero-order chi connectivity index (χ0) is 26.4. The number of hydrogen-bond donors (Lipinski definition) is 1. The van der Waals surface area contributed by atoms with Crippen molar-refractivity contribution in [3.63, 3.8) is 0 Å². The van der Waals surface area contributed by atoms with Crippen LogP contribution in [0.5, 0.6) is 17.2 Å². The van der Waals surface area contributed by atoms with Crippen LogP contribution in [0.3, 0.4) is 0 Å². The van der Waals surface area contributed by atoms with Gasteiger partial charge in [-0.05, 0) is 42.3 Å². The molecule has 0 bridgehead atoms. The first-order valence-corrected chi connectivity index (χ1v) is 12.4. The standard InChI is InChI=1S/C29H24Cl2N2O4/c1-2-3-14-35-25-7-5-4-6-21(25)28-22-12-11-20(16-26(22)37-29(33)23(28)17-32)36-27(34)13-9-18-8-10-19(30)15-24(18)31/h4-13,15-16,28H,2-3,14,33H2,1H3/b13-9+. The number of rotatable bonds is 8. The molecule has 37 heavy (non-hydrogen) atoms. The number of para-hydroxylation sites is 1. The summed E-state index contributed by atoms with van der Waals surface area (Å²) < 4.78 is 17.2. The molecule has 3 aromatic rings. The predicted molar refractivity (Wildman–Crippen MR) is 144 cm³/mol. The van der Waals surface area contributed by atoms with E-state index in [2.05, 4.69) is 13.0 Å². The number of carbonyl (C=O) groups is 1. The maximum atomic E-state index is 12.4. The molecular weight excluding hydrogens is 511 g/mol. The van der Waals surface area contributed by atoms with E-state index in [1.165, 1.54) is 6.08 Å². The molecule has 6 nitrogen and oxygen atoms in total. The Morgan fingerprint density at radius 2 is 1.95 bits per heavy atom. The molecule has 8 heteroatoms. The van der Waals surface area contributed by atoms with Crippen LogP contribution in [0.4, 0.5) is 0 Å². The minimum absolute atomic E-state index is 0.0101. The maximum absolute atomic E-state index is 12.4. The van der Waals surface area contributed by atoms with Crippen LogP contribution in [-0.2, 0) is 4.79 Å². The van der Waals surface area contributed by atoms with E-state index in [0.717, 1.165) is 18.4 Å². The molecule has 0 fully saturated rings. The molecule has 0 aromatic heterocycles. The largest absolute Gasteiger partial charge is 0.493 e. The van der Waals surface area contributed by atoms with Crippen LogP contribution >= 0.6 is 23.2 Å². The van der Waals surface area contributed by atoms with Gasteiger partial charge in [-0.1, -0.05) is 66.9 Å². The van der Waals surface area contributed by atoms with Gasteiger partial charge in [-0.15, -0.1) is 0 Å². The van der Waals surface area contributed by atoms with Gasteiger partial charge in [0.2, 0.25) is 5.88 Å². The molecule has 0 saturated carbocycles. The van der Waals surface area contributed by atoms with Crippen LogP contribution in [-0.4, -0.2) is 12.6 Å². The third-order valence-corrected chi connectivity index (χ3v) is 6.32. The highest BCUT2D eigenvalue weighted by Crippen LogP contribution is 2.45. The second-order valence-electron chi connectivity index (χ2n) is 8.28. The van der Waals surface area contributed by atoms with E-state index in [9.17, 15) is 10.1 Å². The topological polar surface area (TPSA) is 94.6 Å². The number of hydrogen-bond acceptors (Lipinski definition) is 6. The summed E-state index contributed by atoms with van der Waals surface area (Å²) in [6.45, 7) is 2.66. The Hall–Kier alpha value is -3.92. The number of ether oxygens (including phenoxy) is 3. The highest BCUT2D eigenvalue weighted by Gasteiger charge is 2.32. The number of nitrogens with two attached hydrogens (primary N) is 1. The third kappa shape index (κ3) is 6.08. The van der Waals surface area contributed by atoms with Gasteiger partial charge in [0.1, 0.15) is 28.9 Å². The molecule has 1 atom stereocenters. The fraction of sp³-hybridized carbons (Fsp3) is 0.172. The summed E-state index contributed by atoms with van der Waals surface area (Å²) >= 11 is 12.1. The number of fused-ring (bicyclic) bond motifs is 1. The zero-order valence-electron chi connectivity index (χ0n) is 20.0. The molecule has 4 rings (SSSR count). The van der Waals surface area contributed by atoms with E-state index in [1.54, 1.807) is 42.5 Å². The zero-order valence-corrected chi connectivity index (χ0v) is 21.6. The number of allylic oxidation sites excluding steroid dienone is 1. The Balaban J connectivity index is 1.61. The smallest absolute Gasteiger partial charge is 0.336 e. The first kappa shape index (κ1) is 26.2. The third-order valence-electron chi connectivity index (χ3n) is 5.76. The SMILES string of the molecule is CCCCOc1ccccc1C1C(C#N)=C(N)Oc2cc(OC(=O)/C=C/c3ccc(Cl)cc3Cl)ccc21. The predicted octanol–water partition coefficient (Wildman–Crippen LogP) is 7.01. The van der Waals surface area contributed by atoms with Crippen molar-refractivity contribution in [3.8, 4) is 23.3 Å². The molecule has 2 N–H and O–H groups in total. The first-order valence-electron chi connectivity index (χ1n) is 11.7. The summed E-state index contributed by atoms with van der Waals surface area (Å²) in [4.78, 5) is 12.4. The number of nitriles is 1. The average Bonchev–Trinajstić information content (AvgIpc) is 2.88. The fourth-order valence-electron chi connectivity index (χ4n) is 3.94. The lowest BCUT2D eigenvalue weighted by Crippen LogP contribution is -2.21. The summed E-state index contributed by atoms with van der Waals surface area (Å²) in [5.74, 6) is 0.215. The number of carbonyl (C=O) groups excluding carboxylic acids is 1. The number of esters is 1. The molecule has 0 amide bonds. The number of benzene rings is 3. The Labute approximate surface area is 225 Å². The Bertz CT molecular complexity index is 1430. The summed E-state index contributed by atoms with van der Waals surface area (Å²) in [6.07, 6.45) is 4.72. The van der Waals surface area contributed by atoms with Gasteiger partial charge in [-0.25, -0.2) is 4.79 Å². The van der Waals surface area contributed by atoms with Gasteiger partial charge in [0.25, 0.3) is 0 Å². The molecule has 1 heterocycles. The molecule has 1 unspecified atom stereocenters. The molecular formula is C29H24Cl2N2O4. The summed E-state index contributed by atoms with van der Waals surface area (Å²) in [5, 5.41) is 10.8. The molecule has 3 aromatic carbocycles. The molecule has 0 radical (unpaired) electrons. The highest BCUT2D eigenvalue weighted by molar-refractivity contribution is 6.35. The van der Waals surface area contributed by atoms with Gasteiger partial charge in [0.05, 0.1) is 12.5 Å². The van der Waals surface area contributed by atoms with Crippen molar-refractivity contribution in [1.29, 1.82) is 5.26 Å². The number of halogens is 2. The minimum Gasteiger partial charge on any atom is -0.493 e. The highest BCUT2D eigenvalue weighted by atomic mass is 35.5. The second kappa shape index (κ2) is 11.9. The number of unbranched alkanes of at least 4 members (excludes halogenated alkanes) is 1. The van der Waals surface area contributed by atoms with E-state index < -0.39 is 11.9 Å².